The van der Waals surface area contributed by atoms with Crippen LogP contribution in [0.1, 0.15) is 29.2 Å². The van der Waals surface area contributed by atoms with Gasteiger partial charge in [-0.05, 0) is 49.2 Å². The second kappa shape index (κ2) is 7.75. The van der Waals surface area contributed by atoms with Crippen molar-refractivity contribution in [1.82, 2.24) is 24.7 Å². The molecule has 4 aromatic rings. The predicted molar refractivity (Wildman–Crippen MR) is 110 cm³/mol. The molecule has 1 aliphatic carbocycles. The highest BCUT2D eigenvalue weighted by Gasteiger charge is 2.27. The Labute approximate surface area is 172 Å². The van der Waals surface area contributed by atoms with Gasteiger partial charge in [-0.15, -0.1) is 10.2 Å². The highest BCUT2D eigenvalue weighted by atomic mass is 16.5. The van der Waals surface area contributed by atoms with E-state index in [0.29, 0.717) is 40.6 Å². The number of hydrogen-bond donors (Lipinski definition) is 1. The molecule has 3 heterocycles. The summed E-state index contributed by atoms with van der Waals surface area (Å²) in [5.74, 6) is 1.86. The number of nitrogens with zero attached hydrogens (tertiary/aromatic N) is 5. The minimum absolute atomic E-state index is 0.283. The van der Waals surface area contributed by atoms with Crippen molar-refractivity contribution in [3.8, 4) is 23.1 Å². The molecule has 148 valence electrons. The summed E-state index contributed by atoms with van der Waals surface area (Å²) in [7, 11) is 0. The number of carbonyl (C=O) groups excluding carboxylic acids is 1. The molecule has 0 radical (unpaired) electrons. The van der Waals surface area contributed by atoms with Crippen LogP contribution >= 0.6 is 0 Å². The van der Waals surface area contributed by atoms with Crippen molar-refractivity contribution in [2.45, 2.75) is 18.9 Å². The van der Waals surface area contributed by atoms with E-state index in [2.05, 4.69) is 25.5 Å². The van der Waals surface area contributed by atoms with Gasteiger partial charge < -0.3 is 14.6 Å². The van der Waals surface area contributed by atoms with Crippen molar-refractivity contribution >= 4 is 11.7 Å². The Hall–Kier alpha value is -4.07. The third kappa shape index (κ3) is 3.88. The third-order valence-corrected chi connectivity index (χ3v) is 4.69. The summed E-state index contributed by atoms with van der Waals surface area (Å²) in [5.41, 5.74) is 1.13. The average molecular weight is 398 g/mol. The molecule has 1 N–H and O–H groups in total. The Bertz CT molecular complexity index is 1190. The third-order valence-electron chi connectivity index (χ3n) is 4.69. The fourth-order valence-electron chi connectivity index (χ4n) is 3.09. The Kier molecular flexibility index (Phi) is 4.65. The van der Waals surface area contributed by atoms with Crippen LogP contribution < -0.4 is 10.1 Å². The number of ether oxygens (including phenoxy) is 1. The highest BCUT2D eigenvalue weighted by molar-refractivity contribution is 6.04. The van der Waals surface area contributed by atoms with Gasteiger partial charge >= 0.3 is 0 Å². The Balaban J connectivity index is 1.33. The number of pyridine rings is 2. The number of rotatable bonds is 6. The normalized spacial score (nSPS) is 13.1. The van der Waals surface area contributed by atoms with Gasteiger partial charge in [-0.2, -0.15) is 0 Å². The van der Waals surface area contributed by atoms with Gasteiger partial charge in [0.2, 0.25) is 5.88 Å². The van der Waals surface area contributed by atoms with Crippen molar-refractivity contribution in [2.75, 3.05) is 5.32 Å². The van der Waals surface area contributed by atoms with Gasteiger partial charge in [0.05, 0.1) is 0 Å². The SMILES string of the molecule is O=C(Nc1cccc(-c2nncn2C2CC2)n1)c1cccc(Oc2ccccn2)c1. The van der Waals surface area contributed by atoms with E-state index in [1.807, 2.05) is 28.8 Å². The van der Waals surface area contributed by atoms with Crippen LogP contribution in [0.5, 0.6) is 11.6 Å². The van der Waals surface area contributed by atoms with E-state index in [4.69, 9.17) is 4.74 Å². The minimum atomic E-state index is -0.283. The molecule has 1 aliphatic rings. The smallest absolute Gasteiger partial charge is 0.256 e. The highest BCUT2D eigenvalue weighted by Crippen LogP contribution is 2.37. The standard InChI is InChI=1S/C22H18N6O2/c29-22(15-5-3-6-17(13-15)30-20-9-1-2-12-23-20)26-19-8-4-7-18(25-19)21-27-24-14-28(21)16-10-11-16/h1-9,12-14,16H,10-11H2,(H,25,26,29). The molecular weight excluding hydrogens is 380 g/mol. The molecule has 0 atom stereocenters. The topological polar surface area (TPSA) is 94.8 Å². The Morgan fingerprint density at radius 3 is 2.80 bits per heavy atom. The molecule has 1 aromatic carbocycles. The molecule has 8 heteroatoms. The van der Waals surface area contributed by atoms with E-state index in [1.165, 1.54) is 0 Å². The van der Waals surface area contributed by atoms with Crippen molar-refractivity contribution in [3.63, 3.8) is 0 Å². The first-order valence-corrected chi connectivity index (χ1v) is 9.63. The molecule has 0 bridgehead atoms. The average Bonchev–Trinajstić information content (AvgIpc) is 3.51. The van der Waals surface area contributed by atoms with E-state index >= 15 is 0 Å². The monoisotopic (exact) mass is 398 g/mol. The van der Waals surface area contributed by atoms with E-state index in [-0.39, 0.29) is 5.91 Å². The molecule has 1 saturated carbocycles. The first-order valence-electron chi connectivity index (χ1n) is 9.63. The number of nitrogens with one attached hydrogen (secondary N) is 1. The van der Waals surface area contributed by atoms with E-state index in [0.717, 1.165) is 12.8 Å². The predicted octanol–water partition coefficient (Wildman–Crippen LogP) is 4.11. The maximum absolute atomic E-state index is 12.7. The van der Waals surface area contributed by atoms with Crippen LogP contribution in [0.25, 0.3) is 11.5 Å². The Morgan fingerprint density at radius 2 is 1.97 bits per heavy atom. The first kappa shape index (κ1) is 18.0. The number of aromatic nitrogens is 5. The van der Waals surface area contributed by atoms with Gasteiger partial charge in [0.25, 0.3) is 5.91 Å². The quantitative estimate of drug-likeness (QED) is 0.525. The van der Waals surface area contributed by atoms with Crippen LogP contribution in [0.2, 0.25) is 0 Å². The minimum Gasteiger partial charge on any atom is -0.439 e. The summed E-state index contributed by atoms with van der Waals surface area (Å²) in [5, 5.41) is 11.0. The van der Waals surface area contributed by atoms with Gasteiger partial charge in [0.15, 0.2) is 5.82 Å². The lowest BCUT2D eigenvalue weighted by Gasteiger charge is -2.09. The van der Waals surface area contributed by atoms with Crippen LogP contribution in [0.4, 0.5) is 5.82 Å². The van der Waals surface area contributed by atoms with Crippen LogP contribution in [-0.4, -0.2) is 30.6 Å². The summed E-state index contributed by atoms with van der Waals surface area (Å²) in [6, 6.07) is 18.2. The molecular formula is C22H18N6O2. The van der Waals surface area contributed by atoms with Crippen molar-refractivity contribution in [3.05, 3.63) is 78.8 Å². The zero-order chi connectivity index (χ0) is 20.3. The molecule has 30 heavy (non-hydrogen) atoms. The largest absolute Gasteiger partial charge is 0.439 e. The number of benzene rings is 1. The van der Waals surface area contributed by atoms with Crippen molar-refractivity contribution < 1.29 is 9.53 Å². The maximum atomic E-state index is 12.7. The number of hydrogen-bond acceptors (Lipinski definition) is 6. The second-order valence-corrected chi connectivity index (χ2v) is 6.95. The summed E-state index contributed by atoms with van der Waals surface area (Å²) >= 11 is 0. The summed E-state index contributed by atoms with van der Waals surface area (Å²) < 4.78 is 7.74. The maximum Gasteiger partial charge on any atom is 0.256 e. The lowest BCUT2D eigenvalue weighted by molar-refractivity contribution is 0.102. The first-order chi connectivity index (χ1) is 14.8. The van der Waals surface area contributed by atoms with Gasteiger partial charge in [0.1, 0.15) is 23.6 Å². The molecule has 1 fully saturated rings. The molecule has 3 aromatic heterocycles. The van der Waals surface area contributed by atoms with Crippen molar-refractivity contribution in [2.24, 2.45) is 0 Å². The van der Waals surface area contributed by atoms with Gasteiger partial charge in [0, 0.05) is 23.9 Å². The number of amides is 1. The second-order valence-electron chi connectivity index (χ2n) is 6.95. The molecule has 0 saturated heterocycles. The lowest BCUT2D eigenvalue weighted by Crippen LogP contribution is -2.13. The van der Waals surface area contributed by atoms with Crippen LogP contribution in [-0.2, 0) is 0 Å². The van der Waals surface area contributed by atoms with Gasteiger partial charge in [-0.25, -0.2) is 9.97 Å². The molecule has 1 amide bonds. The fourth-order valence-corrected chi connectivity index (χ4v) is 3.09. The van der Waals surface area contributed by atoms with Crippen LogP contribution in [0, 0.1) is 0 Å². The molecule has 8 nitrogen and oxygen atoms in total. The van der Waals surface area contributed by atoms with Crippen molar-refractivity contribution in [1.29, 1.82) is 0 Å². The lowest BCUT2D eigenvalue weighted by atomic mass is 10.2. The van der Waals surface area contributed by atoms with Gasteiger partial charge in [-0.1, -0.05) is 18.2 Å². The van der Waals surface area contributed by atoms with Gasteiger partial charge in [-0.3, -0.25) is 4.79 Å². The van der Waals surface area contributed by atoms with E-state index in [1.54, 1.807) is 48.9 Å². The van der Waals surface area contributed by atoms with Crippen LogP contribution in [0.15, 0.2) is 73.2 Å². The zero-order valence-corrected chi connectivity index (χ0v) is 16.0. The van der Waals surface area contributed by atoms with Crippen LogP contribution in [0.3, 0.4) is 0 Å². The summed E-state index contributed by atoms with van der Waals surface area (Å²) in [6.07, 6.45) is 5.62. The molecule has 0 aliphatic heterocycles. The van der Waals surface area contributed by atoms with E-state index < -0.39 is 0 Å². The zero-order valence-electron chi connectivity index (χ0n) is 16.0. The van der Waals surface area contributed by atoms with E-state index in [9.17, 15) is 4.79 Å². The fraction of sp³-hybridized carbons (Fsp3) is 0.136. The summed E-state index contributed by atoms with van der Waals surface area (Å²) in [4.78, 5) is 21.4. The number of anilines is 1. The molecule has 0 unspecified atom stereocenters. The molecule has 5 rings (SSSR count). The Morgan fingerprint density at radius 1 is 1.07 bits per heavy atom. The summed E-state index contributed by atoms with van der Waals surface area (Å²) in [6.45, 7) is 0. The number of carbonyl (C=O) groups is 1. The molecule has 0 spiro atoms.